The van der Waals surface area contributed by atoms with Gasteiger partial charge in [-0.3, -0.25) is 4.90 Å². The van der Waals surface area contributed by atoms with Crippen molar-refractivity contribution < 1.29 is 9.64 Å². The summed E-state index contributed by atoms with van der Waals surface area (Å²) in [6.07, 6.45) is 5.28. The van der Waals surface area contributed by atoms with Gasteiger partial charge >= 0.3 is 0 Å². The van der Waals surface area contributed by atoms with E-state index in [9.17, 15) is 0 Å². The lowest BCUT2D eigenvalue weighted by Gasteiger charge is -2.21. The first-order chi connectivity index (χ1) is 12.0. The molecule has 26 heavy (non-hydrogen) atoms. The second kappa shape index (κ2) is 9.75. The van der Waals surface area contributed by atoms with Gasteiger partial charge in [-0.05, 0) is 29.8 Å². The van der Waals surface area contributed by atoms with E-state index in [1.165, 1.54) is 0 Å². The Morgan fingerprint density at radius 3 is 2.27 bits per heavy atom. The van der Waals surface area contributed by atoms with Crippen molar-refractivity contribution in [2.24, 2.45) is 4.99 Å². The summed E-state index contributed by atoms with van der Waals surface area (Å²) in [6.45, 7) is 0.986. The smallest absolute Gasteiger partial charge is 0.193 e. The van der Waals surface area contributed by atoms with Crippen LogP contribution in [0.2, 0.25) is 20.1 Å². The molecule has 2 aromatic carbocycles. The molecule has 7 heteroatoms. The number of benzene rings is 2. The molecule has 1 N–H and O–H groups in total. The first-order valence-electron chi connectivity index (χ1n) is 7.59. The third kappa shape index (κ3) is 5.46. The molecule has 1 heterocycles. The average molecular weight is 433 g/mol. The third-order valence-electron chi connectivity index (χ3n) is 3.80. The van der Waals surface area contributed by atoms with E-state index < -0.39 is 0 Å². The largest absolute Gasteiger partial charge is 0.363 e. The number of nitrogens with zero attached hydrogens (tertiary/aromatic N) is 1. The highest BCUT2D eigenvalue weighted by atomic mass is 35.5. The number of halogens is 4. The molecule has 0 saturated carbocycles. The molecule has 2 atom stereocenters. The Morgan fingerprint density at radius 1 is 0.962 bits per heavy atom. The van der Waals surface area contributed by atoms with Crippen LogP contribution in [0, 0.1) is 0 Å². The van der Waals surface area contributed by atoms with Crippen LogP contribution in [0.1, 0.15) is 24.7 Å². The summed E-state index contributed by atoms with van der Waals surface area (Å²) in [4.78, 5) is 5.17. The Hall–Kier alpha value is -1.07. The molecular weight excluding hydrogens is 414 g/mol. The second-order valence-electron chi connectivity index (χ2n) is 5.57. The van der Waals surface area contributed by atoms with Crippen LogP contribution >= 0.6 is 46.4 Å². The number of quaternary nitrogens is 1. The molecule has 0 amide bonds. The van der Waals surface area contributed by atoms with Crippen molar-refractivity contribution >= 4 is 52.7 Å². The zero-order valence-electron chi connectivity index (χ0n) is 13.1. The molecule has 2 unspecified atom stereocenters. The van der Waals surface area contributed by atoms with E-state index in [1.54, 1.807) is 30.5 Å². The summed E-state index contributed by atoms with van der Waals surface area (Å²) < 4.78 is 6.15. The lowest BCUT2D eigenvalue weighted by Crippen LogP contribution is -3.06. The fraction of sp³-hybridized carbons (Fsp3) is 0.211. The van der Waals surface area contributed by atoms with Crippen LogP contribution in [0.15, 0.2) is 53.8 Å². The first kappa shape index (κ1) is 21.2. The number of ether oxygens (including phenoxy) is 1. The predicted octanol–water partition coefficient (Wildman–Crippen LogP) is 5.59. The summed E-state index contributed by atoms with van der Waals surface area (Å²) >= 11 is 24.6. The number of hydrogen-bond donors (Lipinski definition) is 1. The van der Waals surface area contributed by atoms with Crippen LogP contribution in [0.5, 0.6) is 0 Å². The molecule has 0 spiro atoms. The summed E-state index contributed by atoms with van der Waals surface area (Å²) in [5.41, 5.74) is 1.74. The van der Waals surface area contributed by atoms with Crippen molar-refractivity contribution in [3.63, 3.8) is 0 Å². The lowest BCUT2D eigenvalue weighted by atomic mass is 10.1. The number of aliphatic imine (C=N–C) groups is 1. The fourth-order valence-corrected chi connectivity index (χ4v) is 3.50. The van der Waals surface area contributed by atoms with Gasteiger partial charge in [0.25, 0.3) is 0 Å². The highest BCUT2D eigenvalue weighted by Gasteiger charge is 2.22. The van der Waals surface area contributed by atoms with E-state index in [0.29, 0.717) is 33.2 Å². The van der Waals surface area contributed by atoms with E-state index in [-0.39, 0.29) is 13.5 Å². The van der Waals surface area contributed by atoms with Gasteiger partial charge in [-0.15, -0.1) is 0 Å². The molecule has 3 nitrogen and oxygen atoms in total. The molecule has 3 rings (SSSR count). The SMILES string of the molecule is C.Clc1ccc(COC(C[NH+]2C=CN=C2)c2ccc(Cl)cc2Cl)c(Cl)c1. The van der Waals surface area contributed by atoms with Gasteiger partial charge < -0.3 is 4.74 Å². The minimum atomic E-state index is -0.249. The Morgan fingerprint density at radius 2 is 1.65 bits per heavy atom. The average Bonchev–Trinajstić information content (AvgIpc) is 3.06. The van der Waals surface area contributed by atoms with Gasteiger partial charge in [0.15, 0.2) is 6.34 Å². The maximum atomic E-state index is 6.37. The molecule has 0 bridgehead atoms. The monoisotopic (exact) mass is 431 g/mol. The molecule has 1 aliphatic rings. The van der Waals surface area contributed by atoms with Gasteiger partial charge in [0.1, 0.15) is 18.8 Å². The van der Waals surface area contributed by atoms with E-state index in [0.717, 1.165) is 16.0 Å². The van der Waals surface area contributed by atoms with Gasteiger partial charge in [0.05, 0.1) is 12.8 Å². The van der Waals surface area contributed by atoms with Gasteiger partial charge in [0.2, 0.25) is 0 Å². The summed E-state index contributed by atoms with van der Waals surface area (Å²) in [5, 5.41) is 2.32. The third-order valence-corrected chi connectivity index (χ3v) is 4.95. The molecule has 2 aromatic rings. The Labute approximate surface area is 173 Å². The van der Waals surface area contributed by atoms with E-state index in [4.69, 9.17) is 51.1 Å². The minimum Gasteiger partial charge on any atom is -0.363 e. The Kier molecular flexibility index (Phi) is 7.96. The summed E-state index contributed by atoms with van der Waals surface area (Å²) in [7, 11) is 0. The van der Waals surface area contributed by atoms with Crippen molar-refractivity contribution in [3.05, 3.63) is 80.0 Å². The van der Waals surface area contributed by atoms with Crippen LogP contribution in [-0.2, 0) is 11.3 Å². The van der Waals surface area contributed by atoms with Crippen LogP contribution in [0.4, 0.5) is 0 Å². The molecule has 0 fully saturated rings. The number of rotatable bonds is 6. The van der Waals surface area contributed by atoms with Crippen molar-refractivity contribution in [1.82, 2.24) is 0 Å². The number of hydrogen-bond acceptors (Lipinski definition) is 2. The highest BCUT2D eigenvalue weighted by Crippen LogP contribution is 2.30. The van der Waals surface area contributed by atoms with Crippen LogP contribution < -0.4 is 4.90 Å². The predicted molar refractivity (Wildman–Crippen MR) is 111 cm³/mol. The van der Waals surface area contributed by atoms with Crippen molar-refractivity contribution in [3.8, 4) is 0 Å². The molecule has 1 aliphatic heterocycles. The first-order valence-corrected chi connectivity index (χ1v) is 9.10. The van der Waals surface area contributed by atoms with E-state index >= 15 is 0 Å². The zero-order valence-corrected chi connectivity index (χ0v) is 16.1. The zero-order chi connectivity index (χ0) is 17.8. The standard InChI is InChI=1S/C18H14Cl4N2O.CH4/c19-13-2-1-12(16(21)7-13)10-25-18(9-24-6-5-23-11-24)15-4-3-14(20)8-17(15)22;/h1-8,11,18H,9-10H2;1H4/p+1. The summed E-state index contributed by atoms with van der Waals surface area (Å²) in [6, 6.07) is 10.8. The number of nitrogens with one attached hydrogen (secondary N) is 1. The van der Waals surface area contributed by atoms with E-state index in [2.05, 4.69) is 4.99 Å². The molecule has 0 radical (unpaired) electrons. The molecule has 0 aromatic heterocycles. The minimum absolute atomic E-state index is 0. The van der Waals surface area contributed by atoms with E-state index in [1.807, 2.05) is 24.7 Å². The van der Waals surface area contributed by atoms with Gasteiger partial charge in [-0.2, -0.15) is 0 Å². The highest BCUT2D eigenvalue weighted by molar-refractivity contribution is 6.35. The summed E-state index contributed by atoms with van der Waals surface area (Å²) in [5.74, 6) is 0. The van der Waals surface area contributed by atoms with Crippen LogP contribution in [0.3, 0.4) is 0 Å². The second-order valence-corrected chi connectivity index (χ2v) is 7.26. The van der Waals surface area contributed by atoms with Crippen LogP contribution in [0.25, 0.3) is 0 Å². The Bertz CT molecular complexity index is 811. The molecule has 0 aliphatic carbocycles. The normalized spacial score (nSPS) is 16.5. The fourth-order valence-electron chi connectivity index (χ4n) is 2.51. The quantitative estimate of drug-likeness (QED) is 0.632. The van der Waals surface area contributed by atoms with Gasteiger partial charge in [0, 0.05) is 25.7 Å². The van der Waals surface area contributed by atoms with Gasteiger partial charge in [-0.1, -0.05) is 66.0 Å². The molecule has 138 valence electrons. The van der Waals surface area contributed by atoms with Crippen molar-refractivity contribution in [2.45, 2.75) is 20.1 Å². The van der Waals surface area contributed by atoms with Gasteiger partial charge in [-0.25, -0.2) is 4.99 Å². The maximum absolute atomic E-state index is 6.37. The van der Waals surface area contributed by atoms with Crippen molar-refractivity contribution in [1.29, 1.82) is 0 Å². The van der Waals surface area contributed by atoms with Crippen molar-refractivity contribution in [2.75, 3.05) is 6.54 Å². The van der Waals surface area contributed by atoms with Crippen LogP contribution in [-0.4, -0.2) is 12.9 Å². The maximum Gasteiger partial charge on any atom is 0.193 e. The lowest BCUT2D eigenvalue weighted by molar-refractivity contribution is -0.742. The topological polar surface area (TPSA) is 26.0 Å². The molecular formula is C19H19Cl4N2O+. The Balaban J connectivity index is 0.00000243. The molecule has 0 saturated heterocycles.